The highest BCUT2D eigenvalue weighted by atomic mass is 16.1. The molecule has 0 saturated carbocycles. The van der Waals surface area contributed by atoms with Crippen LogP contribution in [0, 0.1) is 0 Å². The Morgan fingerprint density at radius 1 is 1.53 bits per heavy atom. The Bertz CT molecular complexity index is 474. The van der Waals surface area contributed by atoms with Gasteiger partial charge in [-0.15, -0.1) is 0 Å². The summed E-state index contributed by atoms with van der Waals surface area (Å²) in [7, 11) is 1.91. The number of hydrogen-bond donors (Lipinski definition) is 2. The Morgan fingerprint density at radius 3 is 2.79 bits per heavy atom. The molecule has 0 aromatic heterocycles. The van der Waals surface area contributed by atoms with Crippen LogP contribution in [0.4, 0.5) is 11.4 Å². The van der Waals surface area contributed by atoms with Crippen molar-refractivity contribution in [3.63, 3.8) is 0 Å². The van der Waals surface area contributed by atoms with Gasteiger partial charge in [-0.3, -0.25) is 0 Å². The standard InChI is InChI=1S/C15H23N3O/c1-4-13-15(2,10-16)11-6-5-7-12(17-3)14(11)18(13)8-9-19/h5-7,9,13,17H,4,8,10,16H2,1-3H3/t13-,15-/m0/s1. The van der Waals surface area contributed by atoms with Gasteiger partial charge < -0.3 is 20.7 Å². The van der Waals surface area contributed by atoms with E-state index in [1.807, 2.05) is 13.1 Å². The fourth-order valence-electron chi connectivity index (χ4n) is 3.41. The fraction of sp³-hybridized carbons (Fsp3) is 0.533. The van der Waals surface area contributed by atoms with E-state index >= 15 is 0 Å². The monoisotopic (exact) mass is 261 g/mol. The van der Waals surface area contributed by atoms with Gasteiger partial charge in [-0.1, -0.05) is 26.0 Å². The molecule has 0 bridgehead atoms. The molecule has 104 valence electrons. The molecule has 0 aliphatic carbocycles. The molecule has 4 nitrogen and oxygen atoms in total. The van der Waals surface area contributed by atoms with E-state index in [0.29, 0.717) is 13.1 Å². The van der Waals surface area contributed by atoms with Crippen LogP contribution in [-0.4, -0.2) is 32.5 Å². The summed E-state index contributed by atoms with van der Waals surface area (Å²) in [6, 6.07) is 6.50. The second kappa shape index (κ2) is 5.21. The van der Waals surface area contributed by atoms with Crippen molar-refractivity contribution in [3.05, 3.63) is 23.8 Å². The second-order valence-electron chi connectivity index (χ2n) is 5.32. The zero-order valence-electron chi connectivity index (χ0n) is 11.9. The third kappa shape index (κ3) is 1.91. The van der Waals surface area contributed by atoms with Gasteiger partial charge in [-0.25, -0.2) is 0 Å². The topological polar surface area (TPSA) is 58.4 Å². The number of carbonyl (C=O) groups is 1. The van der Waals surface area contributed by atoms with E-state index in [1.54, 1.807) is 0 Å². The van der Waals surface area contributed by atoms with E-state index in [1.165, 1.54) is 5.56 Å². The molecule has 0 saturated heterocycles. The predicted molar refractivity (Wildman–Crippen MR) is 79.9 cm³/mol. The first-order valence-corrected chi connectivity index (χ1v) is 6.85. The highest BCUT2D eigenvalue weighted by Gasteiger charge is 2.46. The van der Waals surface area contributed by atoms with Gasteiger partial charge in [0.15, 0.2) is 0 Å². The average Bonchev–Trinajstić information content (AvgIpc) is 2.69. The molecule has 4 heteroatoms. The summed E-state index contributed by atoms with van der Waals surface area (Å²) in [4.78, 5) is 13.2. The molecule has 1 aliphatic rings. The molecule has 0 fully saturated rings. The number of carbonyl (C=O) groups excluding carboxylic acids is 1. The van der Waals surface area contributed by atoms with Gasteiger partial charge in [0, 0.05) is 25.0 Å². The molecule has 0 radical (unpaired) electrons. The molecule has 0 amide bonds. The number of benzene rings is 1. The van der Waals surface area contributed by atoms with Crippen LogP contribution in [0.15, 0.2) is 18.2 Å². The fourth-order valence-corrected chi connectivity index (χ4v) is 3.41. The van der Waals surface area contributed by atoms with E-state index in [9.17, 15) is 4.79 Å². The number of para-hydroxylation sites is 1. The zero-order valence-corrected chi connectivity index (χ0v) is 11.9. The first-order chi connectivity index (χ1) is 9.13. The minimum atomic E-state index is -0.0973. The molecule has 0 spiro atoms. The van der Waals surface area contributed by atoms with Crippen LogP contribution in [0.3, 0.4) is 0 Å². The van der Waals surface area contributed by atoms with Crippen LogP contribution in [0.1, 0.15) is 25.8 Å². The maximum absolute atomic E-state index is 11.0. The summed E-state index contributed by atoms with van der Waals surface area (Å²) < 4.78 is 0. The van der Waals surface area contributed by atoms with E-state index < -0.39 is 0 Å². The summed E-state index contributed by atoms with van der Waals surface area (Å²) >= 11 is 0. The van der Waals surface area contributed by atoms with Crippen molar-refractivity contribution in [1.82, 2.24) is 0 Å². The van der Waals surface area contributed by atoms with E-state index in [4.69, 9.17) is 5.73 Å². The quantitative estimate of drug-likeness (QED) is 0.793. The van der Waals surface area contributed by atoms with Gasteiger partial charge in [-0.05, 0) is 18.1 Å². The third-order valence-corrected chi connectivity index (χ3v) is 4.40. The van der Waals surface area contributed by atoms with Crippen molar-refractivity contribution < 1.29 is 4.79 Å². The minimum Gasteiger partial charge on any atom is -0.386 e. The van der Waals surface area contributed by atoms with Crippen molar-refractivity contribution in [1.29, 1.82) is 0 Å². The van der Waals surface area contributed by atoms with Gasteiger partial charge in [0.1, 0.15) is 6.29 Å². The molecular formula is C15H23N3O. The van der Waals surface area contributed by atoms with E-state index in [0.717, 1.165) is 24.1 Å². The molecule has 2 rings (SSSR count). The predicted octanol–water partition coefficient (Wildman–Crippen LogP) is 1.74. The first kappa shape index (κ1) is 13.9. The number of hydrogen-bond acceptors (Lipinski definition) is 4. The Labute approximate surface area is 115 Å². The van der Waals surface area contributed by atoms with Gasteiger partial charge in [-0.2, -0.15) is 0 Å². The number of aldehydes is 1. The van der Waals surface area contributed by atoms with Crippen LogP contribution in [0.5, 0.6) is 0 Å². The Balaban J connectivity index is 2.64. The number of nitrogens with one attached hydrogen (secondary N) is 1. The lowest BCUT2D eigenvalue weighted by Gasteiger charge is -2.34. The van der Waals surface area contributed by atoms with Crippen molar-refractivity contribution in [2.75, 3.05) is 30.4 Å². The molecule has 19 heavy (non-hydrogen) atoms. The highest BCUT2D eigenvalue weighted by molar-refractivity contribution is 5.81. The summed E-state index contributed by atoms with van der Waals surface area (Å²) in [5.41, 5.74) is 9.41. The van der Waals surface area contributed by atoms with Crippen molar-refractivity contribution in [2.24, 2.45) is 5.73 Å². The molecular weight excluding hydrogens is 238 g/mol. The lowest BCUT2D eigenvalue weighted by molar-refractivity contribution is -0.106. The molecule has 1 aliphatic heterocycles. The van der Waals surface area contributed by atoms with Gasteiger partial charge >= 0.3 is 0 Å². The van der Waals surface area contributed by atoms with Crippen LogP contribution >= 0.6 is 0 Å². The summed E-state index contributed by atoms with van der Waals surface area (Å²) in [5.74, 6) is 0. The Hall–Kier alpha value is -1.55. The third-order valence-electron chi connectivity index (χ3n) is 4.40. The summed E-state index contributed by atoms with van der Waals surface area (Å²) in [5, 5.41) is 3.22. The lowest BCUT2D eigenvalue weighted by atomic mass is 9.77. The van der Waals surface area contributed by atoms with Crippen molar-refractivity contribution >= 4 is 17.7 Å². The number of fused-ring (bicyclic) bond motifs is 1. The maximum Gasteiger partial charge on any atom is 0.139 e. The normalized spacial score (nSPS) is 25.3. The first-order valence-electron chi connectivity index (χ1n) is 6.85. The van der Waals surface area contributed by atoms with Gasteiger partial charge in [0.2, 0.25) is 0 Å². The number of rotatable bonds is 5. The van der Waals surface area contributed by atoms with Crippen LogP contribution in [0.25, 0.3) is 0 Å². The Morgan fingerprint density at radius 2 is 2.26 bits per heavy atom. The highest BCUT2D eigenvalue weighted by Crippen LogP contribution is 2.49. The molecule has 2 atom stereocenters. The van der Waals surface area contributed by atoms with E-state index in [-0.39, 0.29) is 11.5 Å². The minimum absolute atomic E-state index is 0.0973. The number of anilines is 2. The average molecular weight is 261 g/mol. The van der Waals surface area contributed by atoms with Crippen molar-refractivity contribution in [2.45, 2.75) is 31.7 Å². The molecule has 1 heterocycles. The second-order valence-corrected chi connectivity index (χ2v) is 5.32. The molecule has 1 aromatic carbocycles. The lowest BCUT2D eigenvalue weighted by Crippen LogP contribution is -2.47. The maximum atomic E-state index is 11.0. The summed E-state index contributed by atoms with van der Waals surface area (Å²) in [6.45, 7) is 5.35. The smallest absolute Gasteiger partial charge is 0.139 e. The SMILES string of the molecule is CC[C@@H]1N(CC=O)c2c(NC)cccc2[C@]1(C)CN. The van der Waals surface area contributed by atoms with Gasteiger partial charge in [0.25, 0.3) is 0 Å². The van der Waals surface area contributed by atoms with Crippen LogP contribution < -0.4 is 16.0 Å². The van der Waals surface area contributed by atoms with Crippen molar-refractivity contribution in [3.8, 4) is 0 Å². The molecule has 3 N–H and O–H groups in total. The molecule has 1 aromatic rings. The molecule has 0 unspecified atom stereocenters. The largest absolute Gasteiger partial charge is 0.386 e. The van der Waals surface area contributed by atoms with Crippen LogP contribution in [-0.2, 0) is 10.2 Å². The van der Waals surface area contributed by atoms with E-state index in [2.05, 4.69) is 36.2 Å². The van der Waals surface area contributed by atoms with Gasteiger partial charge in [0.05, 0.1) is 17.9 Å². The number of nitrogens with zero attached hydrogens (tertiary/aromatic N) is 1. The zero-order chi connectivity index (χ0) is 14.0. The number of nitrogens with two attached hydrogens (primary N) is 1. The Kier molecular flexibility index (Phi) is 3.80. The van der Waals surface area contributed by atoms with Crippen LogP contribution in [0.2, 0.25) is 0 Å². The summed E-state index contributed by atoms with van der Waals surface area (Å²) in [6.07, 6.45) is 1.94.